The highest BCUT2D eigenvalue weighted by Crippen LogP contribution is 2.32. The number of nitrogens with one attached hydrogen (secondary N) is 1. The second-order valence-corrected chi connectivity index (χ2v) is 7.52. The Hall–Kier alpha value is -1.46. The van der Waals surface area contributed by atoms with Gasteiger partial charge in [-0.05, 0) is 31.4 Å². The van der Waals surface area contributed by atoms with Crippen LogP contribution in [0.4, 0.5) is 11.4 Å². The zero-order valence-corrected chi connectivity index (χ0v) is 15.1. The van der Waals surface area contributed by atoms with E-state index < -0.39 is 0 Å². The summed E-state index contributed by atoms with van der Waals surface area (Å²) in [5, 5.41) is 3.61. The minimum absolute atomic E-state index is 0.742. The van der Waals surface area contributed by atoms with Crippen molar-refractivity contribution in [3.63, 3.8) is 0 Å². The number of benzene rings is 1. The minimum atomic E-state index is 0.742. The first-order valence-electron chi connectivity index (χ1n) is 9.48. The molecule has 3 rings (SSSR count). The first kappa shape index (κ1) is 17.4. The number of hydrogen-bond donors (Lipinski definition) is 2. The molecule has 1 saturated heterocycles. The van der Waals surface area contributed by atoms with E-state index in [1.807, 2.05) is 12.1 Å². The van der Waals surface area contributed by atoms with E-state index >= 15 is 0 Å². The Morgan fingerprint density at radius 1 is 1.21 bits per heavy atom. The maximum absolute atomic E-state index is 5.84. The molecule has 0 spiro atoms. The van der Waals surface area contributed by atoms with Crippen LogP contribution in [0.3, 0.4) is 0 Å². The first-order chi connectivity index (χ1) is 11.7. The zero-order chi connectivity index (χ0) is 16.8. The number of quaternary nitrogens is 1. The highest BCUT2D eigenvalue weighted by Gasteiger charge is 2.23. The Labute approximate surface area is 146 Å². The Balaban J connectivity index is 1.36. The summed E-state index contributed by atoms with van der Waals surface area (Å²) in [6, 6.07) is 5.96. The van der Waals surface area contributed by atoms with Crippen LogP contribution in [-0.4, -0.2) is 64.0 Å². The lowest BCUT2D eigenvalue weighted by Gasteiger charge is -2.38. The Morgan fingerprint density at radius 2 is 2.04 bits per heavy atom. The quantitative estimate of drug-likeness (QED) is 0.456. The highest BCUT2D eigenvalue weighted by molar-refractivity contribution is 5.65. The highest BCUT2D eigenvalue weighted by atomic mass is 16.5. The fraction of sp³-hybridized carbons (Fsp3) is 0.684. The van der Waals surface area contributed by atoms with Gasteiger partial charge in [0.05, 0.1) is 38.9 Å². The van der Waals surface area contributed by atoms with Crippen molar-refractivity contribution in [2.75, 3.05) is 70.1 Å². The molecule has 2 heterocycles. The molecule has 0 aromatic heterocycles. The predicted molar refractivity (Wildman–Crippen MR) is 101 cm³/mol. The molecule has 0 unspecified atom stereocenters. The third-order valence-corrected chi connectivity index (χ3v) is 5.45. The summed E-state index contributed by atoms with van der Waals surface area (Å²) in [4.78, 5) is 2.39. The number of nitrogens with two attached hydrogens (primary N) is 1. The first-order valence-corrected chi connectivity index (χ1v) is 9.48. The van der Waals surface area contributed by atoms with Gasteiger partial charge in [0.25, 0.3) is 0 Å². The van der Waals surface area contributed by atoms with Crippen molar-refractivity contribution in [2.24, 2.45) is 0 Å². The van der Waals surface area contributed by atoms with Crippen molar-refractivity contribution in [1.29, 1.82) is 0 Å². The molecular weight excluding hydrogens is 300 g/mol. The molecule has 3 N–H and O–H groups in total. The molecule has 5 nitrogen and oxygen atoms in total. The Bertz CT molecular complexity index is 528. The van der Waals surface area contributed by atoms with Crippen molar-refractivity contribution in [2.45, 2.75) is 25.7 Å². The van der Waals surface area contributed by atoms with Crippen molar-refractivity contribution in [3.05, 3.63) is 18.2 Å². The second-order valence-electron chi connectivity index (χ2n) is 7.52. The lowest BCUT2D eigenvalue weighted by molar-refractivity contribution is -0.914. The summed E-state index contributed by atoms with van der Waals surface area (Å²) in [5.74, 6) is 0.920. The van der Waals surface area contributed by atoms with Gasteiger partial charge in [0.1, 0.15) is 12.4 Å². The van der Waals surface area contributed by atoms with E-state index in [0.29, 0.717) is 0 Å². The molecule has 5 heteroatoms. The van der Waals surface area contributed by atoms with Crippen LogP contribution in [0.2, 0.25) is 0 Å². The van der Waals surface area contributed by atoms with Crippen LogP contribution in [0.1, 0.15) is 25.7 Å². The molecule has 0 saturated carbocycles. The van der Waals surface area contributed by atoms with Gasteiger partial charge in [-0.2, -0.15) is 0 Å². The number of nitrogens with zero attached hydrogens (tertiary/aromatic N) is 2. The molecule has 0 amide bonds. The van der Waals surface area contributed by atoms with Gasteiger partial charge >= 0.3 is 0 Å². The molecule has 134 valence electrons. The summed E-state index contributed by atoms with van der Waals surface area (Å²) in [5.41, 5.74) is 7.78. The normalized spacial score (nSPS) is 19.6. The van der Waals surface area contributed by atoms with Crippen LogP contribution in [0, 0.1) is 0 Å². The molecule has 1 fully saturated rings. The third-order valence-electron chi connectivity index (χ3n) is 5.45. The van der Waals surface area contributed by atoms with Crippen molar-refractivity contribution in [1.82, 2.24) is 5.32 Å². The number of nitrogen functional groups attached to an aromatic ring is 1. The SMILES string of the molecule is C[N+]1(CCCNCCN2CCOc3cc(N)ccc32)CCCCC1. The molecule has 24 heavy (non-hydrogen) atoms. The van der Waals surface area contributed by atoms with E-state index in [1.165, 1.54) is 55.5 Å². The topological polar surface area (TPSA) is 50.5 Å². The monoisotopic (exact) mass is 333 g/mol. The Kier molecular flexibility index (Phi) is 5.85. The van der Waals surface area contributed by atoms with Gasteiger partial charge in [0, 0.05) is 37.8 Å². The molecular formula is C19H33N4O+. The number of anilines is 2. The van der Waals surface area contributed by atoms with E-state index in [0.717, 1.165) is 44.2 Å². The summed E-state index contributed by atoms with van der Waals surface area (Å²) in [6.07, 6.45) is 5.52. The number of fused-ring (bicyclic) bond motifs is 1. The van der Waals surface area contributed by atoms with Crippen LogP contribution in [0.25, 0.3) is 0 Å². The van der Waals surface area contributed by atoms with Gasteiger partial charge in [0.15, 0.2) is 0 Å². The van der Waals surface area contributed by atoms with E-state index in [9.17, 15) is 0 Å². The molecule has 0 radical (unpaired) electrons. The third kappa shape index (κ3) is 4.54. The molecule has 1 aromatic carbocycles. The van der Waals surface area contributed by atoms with Crippen molar-refractivity contribution < 1.29 is 9.22 Å². The van der Waals surface area contributed by atoms with E-state index in [-0.39, 0.29) is 0 Å². The number of ether oxygens (including phenoxy) is 1. The summed E-state index contributed by atoms with van der Waals surface area (Å²) >= 11 is 0. The predicted octanol–water partition coefficient (Wildman–Crippen LogP) is 2.08. The Morgan fingerprint density at radius 3 is 2.88 bits per heavy atom. The van der Waals surface area contributed by atoms with Crippen LogP contribution in [0.5, 0.6) is 5.75 Å². The van der Waals surface area contributed by atoms with Gasteiger partial charge in [0.2, 0.25) is 0 Å². The van der Waals surface area contributed by atoms with E-state index in [4.69, 9.17) is 10.5 Å². The fourth-order valence-corrected chi connectivity index (χ4v) is 3.95. The van der Waals surface area contributed by atoms with Crippen LogP contribution >= 0.6 is 0 Å². The van der Waals surface area contributed by atoms with Crippen LogP contribution in [0.15, 0.2) is 18.2 Å². The van der Waals surface area contributed by atoms with E-state index in [1.54, 1.807) is 0 Å². The molecule has 1 aromatic rings. The summed E-state index contributed by atoms with van der Waals surface area (Å²) < 4.78 is 6.99. The van der Waals surface area contributed by atoms with E-state index in [2.05, 4.69) is 23.3 Å². The molecule has 0 aliphatic carbocycles. The maximum atomic E-state index is 5.84. The average Bonchev–Trinajstić information content (AvgIpc) is 2.58. The van der Waals surface area contributed by atoms with Crippen molar-refractivity contribution >= 4 is 11.4 Å². The molecule has 2 aliphatic rings. The largest absolute Gasteiger partial charge is 0.489 e. The summed E-state index contributed by atoms with van der Waals surface area (Å²) in [7, 11) is 2.43. The smallest absolute Gasteiger partial charge is 0.144 e. The lowest BCUT2D eigenvalue weighted by Crippen LogP contribution is -2.49. The van der Waals surface area contributed by atoms with Gasteiger partial charge in [-0.1, -0.05) is 0 Å². The van der Waals surface area contributed by atoms with Gasteiger partial charge in [-0.3, -0.25) is 0 Å². The van der Waals surface area contributed by atoms with Crippen LogP contribution < -0.4 is 20.7 Å². The standard InChI is InChI=1S/C19H33N4O/c1-23(12-3-2-4-13-23)14-5-8-21-9-10-22-11-15-24-19-16-17(20)6-7-18(19)22/h6-7,16,21H,2-5,8-15,20H2,1H3/q+1. The number of likely N-dealkylation sites (tertiary alicyclic amines) is 1. The van der Waals surface area contributed by atoms with Gasteiger partial charge in [-0.15, -0.1) is 0 Å². The number of hydrogen-bond acceptors (Lipinski definition) is 4. The average molecular weight is 334 g/mol. The van der Waals surface area contributed by atoms with Gasteiger partial charge in [-0.25, -0.2) is 0 Å². The van der Waals surface area contributed by atoms with Crippen molar-refractivity contribution in [3.8, 4) is 5.75 Å². The van der Waals surface area contributed by atoms with Crippen LogP contribution in [-0.2, 0) is 0 Å². The second kappa shape index (κ2) is 8.08. The molecule has 0 atom stereocenters. The fourth-order valence-electron chi connectivity index (χ4n) is 3.95. The lowest BCUT2D eigenvalue weighted by atomic mass is 10.1. The minimum Gasteiger partial charge on any atom is -0.489 e. The number of piperidine rings is 1. The van der Waals surface area contributed by atoms with Gasteiger partial charge < -0.3 is 25.2 Å². The number of rotatable bonds is 7. The summed E-state index contributed by atoms with van der Waals surface area (Å²) in [6.45, 7) is 8.90. The molecule has 0 bridgehead atoms. The maximum Gasteiger partial charge on any atom is 0.144 e. The zero-order valence-electron chi connectivity index (χ0n) is 15.1. The molecule has 2 aliphatic heterocycles.